The van der Waals surface area contributed by atoms with Crippen LogP contribution in [0.1, 0.15) is 58.7 Å². The summed E-state index contributed by atoms with van der Waals surface area (Å²) in [6.07, 6.45) is 4.24. The fraction of sp³-hybridized carbons (Fsp3) is 0.296. The normalized spacial score (nSPS) is 15.4. The van der Waals surface area contributed by atoms with Crippen molar-refractivity contribution in [2.75, 3.05) is 18.1 Å². The molecule has 3 heterocycles. The minimum absolute atomic E-state index is 0.123. The molecule has 1 N–H and O–H groups in total. The first-order valence-corrected chi connectivity index (χ1v) is 12.1. The van der Waals surface area contributed by atoms with Crippen LogP contribution < -0.4 is 4.90 Å². The number of rotatable bonds is 6. The van der Waals surface area contributed by atoms with Gasteiger partial charge in [-0.25, -0.2) is 14.8 Å². The van der Waals surface area contributed by atoms with E-state index in [-0.39, 0.29) is 11.7 Å². The number of unbranched alkanes of at least 4 members (excludes halogenated alkanes) is 1. The largest absolute Gasteiger partial charge is 0.461 e. The summed E-state index contributed by atoms with van der Waals surface area (Å²) in [5, 5.41) is 1.87. The van der Waals surface area contributed by atoms with Gasteiger partial charge in [0.15, 0.2) is 5.69 Å². The van der Waals surface area contributed by atoms with Gasteiger partial charge in [-0.05, 0) is 55.2 Å². The molecule has 0 fully saturated rings. The standard InChI is InChI=1S/C27H27ClN4O2/c1-3-4-15-34-26(33)23-11-13-29-27(31-23)32-14-12-20-21-16-19(28)9-10-22(21)30-24(20)25(32)18-7-5-17(2)6-8-18/h5-11,13,16,25,30H,3-4,12,14-15H2,1-2H3. The van der Waals surface area contributed by atoms with Crippen molar-refractivity contribution in [1.82, 2.24) is 15.0 Å². The van der Waals surface area contributed by atoms with E-state index in [0.717, 1.165) is 46.4 Å². The van der Waals surface area contributed by atoms with E-state index in [1.54, 1.807) is 12.3 Å². The molecule has 0 bridgehead atoms. The Bertz CT molecular complexity index is 1330. The van der Waals surface area contributed by atoms with Gasteiger partial charge in [-0.3, -0.25) is 0 Å². The topological polar surface area (TPSA) is 71.1 Å². The predicted octanol–water partition coefficient (Wildman–Crippen LogP) is 6.03. The Morgan fingerprint density at radius 3 is 2.82 bits per heavy atom. The molecule has 0 amide bonds. The molecule has 1 unspecified atom stereocenters. The lowest BCUT2D eigenvalue weighted by Gasteiger charge is -2.36. The average molecular weight is 475 g/mol. The zero-order chi connectivity index (χ0) is 23.7. The van der Waals surface area contributed by atoms with E-state index in [0.29, 0.717) is 19.1 Å². The molecule has 1 atom stereocenters. The minimum atomic E-state index is -0.415. The SMILES string of the molecule is CCCCOC(=O)c1ccnc(N2CCc3c([nH]c4ccc(Cl)cc34)C2c2ccc(C)cc2)n1. The molecule has 0 radical (unpaired) electrons. The van der Waals surface area contributed by atoms with Gasteiger partial charge in [0.25, 0.3) is 0 Å². The van der Waals surface area contributed by atoms with Crippen molar-refractivity contribution in [3.63, 3.8) is 0 Å². The second-order valence-electron chi connectivity index (χ2n) is 8.70. The molecule has 2 aromatic heterocycles. The highest BCUT2D eigenvalue weighted by Gasteiger charge is 2.33. The number of carbonyl (C=O) groups excluding carboxylic acids is 1. The van der Waals surface area contributed by atoms with E-state index in [1.165, 1.54) is 11.1 Å². The van der Waals surface area contributed by atoms with Crippen LogP contribution in [0.15, 0.2) is 54.7 Å². The number of H-pyrrole nitrogens is 1. The number of aryl methyl sites for hydroxylation is 1. The Morgan fingerprint density at radius 1 is 1.21 bits per heavy atom. The van der Waals surface area contributed by atoms with Crippen LogP contribution in [0.3, 0.4) is 0 Å². The Morgan fingerprint density at radius 2 is 2.03 bits per heavy atom. The highest BCUT2D eigenvalue weighted by atomic mass is 35.5. The van der Waals surface area contributed by atoms with E-state index < -0.39 is 5.97 Å². The molecule has 5 rings (SSSR count). The fourth-order valence-corrected chi connectivity index (χ4v) is 4.73. The number of benzene rings is 2. The number of ether oxygens (including phenoxy) is 1. The van der Waals surface area contributed by atoms with Crippen molar-refractivity contribution in [2.45, 2.75) is 39.2 Å². The van der Waals surface area contributed by atoms with Gasteiger partial charge in [0, 0.05) is 34.4 Å². The summed E-state index contributed by atoms with van der Waals surface area (Å²) >= 11 is 6.32. The highest BCUT2D eigenvalue weighted by molar-refractivity contribution is 6.31. The van der Waals surface area contributed by atoms with Gasteiger partial charge in [0.05, 0.1) is 12.6 Å². The Hall–Kier alpha value is -3.38. The number of nitrogens with zero attached hydrogens (tertiary/aromatic N) is 3. The lowest BCUT2D eigenvalue weighted by atomic mass is 9.92. The Balaban J connectivity index is 1.57. The van der Waals surface area contributed by atoms with Gasteiger partial charge < -0.3 is 14.6 Å². The van der Waals surface area contributed by atoms with Crippen LogP contribution >= 0.6 is 11.6 Å². The Labute approximate surface area is 203 Å². The molecule has 0 spiro atoms. The zero-order valence-electron chi connectivity index (χ0n) is 19.3. The molecule has 1 aliphatic heterocycles. The van der Waals surface area contributed by atoms with E-state index in [4.69, 9.17) is 16.3 Å². The number of aromatic amines is 1. The van der Waals surface area contributed by atoms with Crippen LogP contribution in [-0.4, -0.2) is 34.1 Å². The van der Waals surface area contributed by atoms with Gasteiger partial charge in [-0.15, -0.1) is 0 Å². The number of aromatic nitrogens is 3. The molecule has 0 aliphatic carbocycles. The molecule has 34 heavy (non-hydrogen) atoms. The maximum absolute atomic E-state index is 12.5. The quantitative estimate of drug-likeness (QED) is 0.273. The van der Waals surface area contributed by atoms with Crippen molar-refractivity contribution in [3.8, 4) is 0 Å². The maximum atomic E-state index is 12.5. The molecule has 2 aromatic carbocycles. The van der Waals surface area contributed by atoms with Crippen LogP contribution in [0.4, 0.5) is 5.95 Å². The molecule has 6 nitrogen and oxygen atoms in total. The summed E-state index contributed by atoms with van der Waals surface area (Å²) in [6.45, 7) is 5.24. The van der Waals surface area contributed by atoms with Crippen LogP contribution in [0, 0.1) is 6.92 Å². The number of hydrogen-bond acceptors (Lipinski definition) is 5. The van der Waals surface area contributed by atoms with Gasteiger partial charge in [0.2, 0.25) is 5.95 Å². The van der Waals surface area contributed by atoms with Crippen molar-refractivity contribution in [2.24, 2.45) is 0 Å². The average Bonchev–Trinajstić information content (AvgIpc) is 3.22. The van der Waals surface area contributed by atoms with Crippen LogP contribution in [0.25, 0.3) is 10.9 Å². The number of anilines is 1. The molecular formula is C27H27ClN4O2. The minimum Gasteiger partial charge on any atom is -0.461 e. The monoisotopic (exact) mass is 474 g/mol. The number of esters is 1. The summed E-state index contributed by atoms with van der Waals surface area (Å²) in [5.74, 6) is 0.0970. The highest BCUT2D eigenvalue weighted by Crippen LogP contribution is 2.40. The lowest BCUT2D eigenvalue weighted by Crippen LogP contribution is -2.37. The number of hydrogen-bond donors (Lipinski definition) is 1. The number of fused-ring (bicyclic) bond motifs is 3. The fourth-order valence-electron chi connectivity index (χ4n) is 4.56. The summed E-state index contributed by atoms with van der Waals surface area (Å²) in [5.41, 5.74) is 6.02. The molecule has 0 saturated heterocycles. The first kappa shape index (κ1) is 22.4. The summed E-state index contributed by atoms with van der Waals surface area (Å²) in [6, 6.07) is 16.0. The number of halogens is 1. The van der Waals surface area contributed by atoms with Crippen LogP contribution in [0.5, 0.6) is 0 Å². The van der Waals surface area contributed by atoms with E-state index in [2.05, 4.69) is 58.0 Å². The molecule has 7 heteroatoms. The van der Waals surface area contributed by atoms with Gasteiger partial charge in [-0.2, -0.15) is 0 Å². The van der Waals surface area contributed by atoms with E-state index in [9.17, 15) is 4.79 Å². The molecule has 0 saturated carbocycles. The smallest absolute Gasteiger partial charge is 0.357 e. The third-order valence-electron chi connectivity index (χ3n) is 6.32. The molecular weight excluding hydrogens is 448 g/mol. The van der Waals surface area contributed by atoms with Crippen molar-refractivity contribution >= 4 is 34.4 Å². The summed E-state index contributed by atoms with van der Waals surface area (Å²) in [7, 11) is 0. The second kappa shape index (κ2) is 9.47. The Kier molecular flexibility index (Phi) is 6.24. The third-order valence-corrected chi connectivity index (χ3v) is 6.56. The maximum Gasteiger partial charge on any atom is 0.357 e. The number of carbonyl (C=O) groups is 1. The van der Waals surface area contributed by atoms with Crippen molar-refractivity contribution in [1.29, 1.82) is 0 Å². The first-order chi connectivity index (χ1) is 16.5. The van der Waals surface area contributed by atoms with Crippen molar-refractivity contribution < 1.29 is 9.53 Å². The van der Waals surface area contributed by atoms with E-state index in [1.807, 2.05) is 18.2 Å². The van der Waals surface area contributed by atoms with Gasteiger partial charge >= 0.3 is 5.97 Å². The third kappa shape index (κ3) is 4.26. The second-order valence-corrected chi connectivity index (χ2v) is 9.13. The summed E-state index contributed by atoms with van der Waals surface area (Å²) < 4.78 is 5.38. The molecule has 1 aliphatic rings. The lowest BCUT2D eigenvalue weighted by molar-refractivity contribution is 0.0492. The van der Waals surface area contributed by atoms with Gasteiger partial charge in [0.1, 0.15) is 0 Å². The molecule has 4 aromatic rings. The van der Waals surface area contributed by atoms with Crippen LogP contribution in [-0.2, 0) is 11.2 Å². The van der Waals surface area contributed by atoms with Gasteiger partial charge in [-0.1, -0.05) is 54.8 Å². The predicted molar refractivity (Wildman–Crippen MR) is 135 cm³/mol. The van der Waals surface area contributed by atoms with Crippen molar-refractivity contribution in [3.05, 3.63) is 87.8 Å². The van der Waals surface area contributed by atoms with E-state index >= 15 is 0 Å². The number of nitrogens with one attached hydrogen (secondary N) is 1. The first-order valence-electron chi connectivity index (χ1n) is 11.7. The molecule has 174 valence electrons. The zero-order valence-corrected chi connectivity index (χ0v) is 20.1. The summed E-state index contributed by atoms with van der Waals surface area (Å²) in [4.78, 5) is 27.5. The van der Waals surface area contributed by atoms with Crippen LogP contribution in [0.2, 0.25) is 5.02 Å².